The average molecular weight is 293 g/mol. The average Bonchev–Trinajstić information content (AvgIpc) is 2.83. The van der Waals surface area contributed by atoms with Crippen molar-refractivity contribution >= 4 is 11.8 Å². The van der Waals surface area contributed by atoms with Crippen LogP contribution < -0.4 is 17.2 Å². The molecular formula is C13H19N5O3. The van der Waals surface area contributed by atoms with Crippen LogP contribution in [0.3, 0.4) is 0 Å². The summed E-state index contributed by atoms with van der Waals surface area (Å²) < 4.78 is 1.23. The number of hydrogen-bond acceptors (Lipinski definition) is 5. The lowest BCUT2D eigenvalue weighted by molar-refractivity contribution is -0.135. The van der Waals surface area contributed by atoms with Crippen molar-refractivity contribution in [2.24, 2.45) is 11.5 Å². The van der Waals surface area contributed by atoms with Crippen LogP contribution in [-0.4, -0.2) is 44.9 Å². The Morgan fingerprint density at radius 2 is 2.05 bits per heavy atom. The van der Waals surface area contributed by atoms with Gasteiger partial charge in [0.05, 0.1) is 0 Å². The normalized spacial score (nSPS) is 21.5. The van der Waals surface area contributed by atoms with E-state index in [9.17, 15) is 14.4 Å². The Hall–Kier alpha value is -2.22. The van der Waals surface area contributed by atoms with E-state index in [-0.39, 0.29) is 31.0 Å². The molecule has 0 saturated carbocycles. The Balaban J connectivity index is 2.15. The number of nitrogens with zero attached hydrogens (tertiary/aromatic N) is 3. The Kier molecular flexibility index (Phi) is 4.69. The van der Waals surface area contributed by atoms with Gasteiger partial charge < -0.3 is 16.4 Å². The predicted molar refractivity (Wildman–Crippen MR) is 75.0 cm³/mol. The smallest absolute Gasteiger partial charge is 0.347 e. The molecule has 0 unspecified atom stereocenters. The molecule has 4 N–H and O–H groups in total. The van der Waals surface area contributed by atoms with Gasteiger partial charge in [-0.05, 0) is 18.9 Å². The van der Waals surface area contributed by atoms with Gasteiger partial charge in [-0.3, -0.25) is 14.2 Å². The molecule has 0 aromatic carbocycles. The summed E-state index contributed by atoms with van der Waals surface area (Å²) in [4.78, 5) is 40.3. The van der Waals surface area contributed by atoms with E-state index >= 15 is 0 Å². The highest BCUT2D eigenvalue weighted by molar-refractivity contribution is 5.79. The SMILES string of the molecule is NC[C@@H]1CC[C@H](CC(N)=O)N1C(=O)Cn1cccnc1=O. The Morgan fingerprint density at radius 1 is 1.33 bits per heavy atom. The van der Waals surface area contributed by atoms with Crippen molar-refractivity contribution in [1.82, 2.24) is 14.5 Å². The summed E-state index contributed by atoms with van der Waals surface area (Å²) in [5.74, 6) is -0.696. The zero-order valence-electron chi connectivity index (χ0n) is 11.6. The lowest BCUT2D eigenvalue weighted by Gasteiger charge is -2.29. The van der Waals surface area contributed by atoms with E-state index in [4.69, 9.17) is 11.5 Å². The number of amides is 2. The van der Waals surface area contributed by atoms with Crippen LogP contribution in [0.4, 0.5) is 0 Å². The third kappa shape index (κ3) is 3.46. The molecule has 0 radical (unpaired) electrons. The number of aromatic nitrogens is 2. The van der Waals surface area contributed by atoms with Crippen LogP contribution in [0.25, 0.3) is 0 Å². The second-order valence-corrected chi connectivity index (χ2v) is 5.12. The molecular weight excluding hydrogens is 274 g/mol. The van der Waals surface area contributed by atoms with Crippen LogP contribution in [0.15, 0.2) is 23.3 Å². The van der Waals surface area contributed by atoms with Crippen LogP contribution in [-0.2, 0) is 16.1 Å². The van der Waals surface area contributed by atoms with Crippen molar-refractivity contribution in [3.05, 3.63) is 28.9 Å². The Bertz CT molecular complexity index is 585. The summed E-state index contributed by atoms with van der Waals surface area (Å²) in [7, 11) is 0. The molecule has 1 aliphatic heterocycles. The van der Waals surface area contributed by atoms with E-state index in [1.165, 1.54) is 17.0 Å². The number of primary amides is 1. The molecule has 1 aliphatic rings. The van der Waals surface area contributed by atoms with E-state index in [1.807, 2.05) is 0 Å². The first kappa shape index (κ1) is 15.2. The molecule has 2 heterocycles. The van der Waals surface area contributed by atoms with Gasteiger partial charge >= 0.3 is 5.69 Å². The van der Waals surface area contributed by atoms with Gasteiger partial charge in [0.2, 0.25) is 11.8 Å². The number of nitrogens with two attached hydrogens (primary N) is 2. The molecule has 0 bridgehead atoms. The maximum Gasteiger partial charge on any atom is 0.347 e. The fourth-order valence-corrected chi connectivity index (χ4v) is 2.77. The van der Waals surface area contributed by atoms with E-state index in [0.717, 1.165) is 6.42 Å². The lowest BCUT2D eigenvalue weighted by Crippen LogP contribution is -2.47. The number of carbonyl (C=O) groups is 2. The maximum atomic E-state index is 12.5. The molecule has 2 rings (SSSR count). The summed E-state index contributed by atoms with van der Waals surface area (Å²) in [5, 5.41) is 0. The van der Waals surface area contributed by atoms with E-state index in [0.29, 0.717) is 13.0 Å². The van der Waals surface area contributed by atoms with E-state index in [2.05, 4.69) is 4.98 Å². The molecule has 8 heteroatoms. The van der Waals surface area contributed by atoms with Gasteiger partial charge in [0.25, 0.3) is 0 Å². The fourth-order valence-electron chi connectivity index (χ4n) is 2.77. The largest absolute Gasteiger partial charge is 0.370 e. The van der Waals surface area contributed by atoms with Crippen LogP contribution in [0.5, 0.6) is 0 Å². The van der Waals surface area contributed by atoms with Crippen molar-refractivity contribution in [3.63, 3.8) is 0 Å². The first-order valence-electron chi connectivity index (χ1n) is 6.84. The maximum absolute atomic E-state index is 12.5. The summed E-state index contributed by atoms with van der Waals surface area (Å²) in [6.07, 6.45) is 4.42. The molecule has 8 nitrogen and oxygen atoms in total. The third-order valence-corrected chi connectivity index (χ3v) is 3.71. The first-order chi connectivity index (χ1) is 10.0. The molecule has 1 saturated heterocycles. The van der Waals surface area contributed by atoms with Gasteiger partial charge in [0.1, 0.15) is 6.54 Å². The Labute approximate surface area is 121 Å². The van der Waals surface area contributed by atoms with Crippen molar-refractivity contribution in [1.29, 1.82) is 0 Å². The number of carbonyl (C=O) groups excluding carboxylic acids is 2. The zero-order chi connectivity index (χ0) is 15.4. The molecule has 2 amide bonds. The standard InChI is InChI=1S/C13H19N5O3/c14-7-10-3-2-9(6-11(15)19)18(10)12(20)8-17-5-1-4-16-13(17)21/h1,4-5,9-10H,2-3,6-8,14H2,(H2,15,19)/t9-,10+/m1/s1. The molecule has 0 aliphatic carbocycles. The van der Waals surface area contributed by atoms with Crippen LogP contribution in [0.2, 0.25) is 0 Å². The van der Waals surface area contributed by atoms with Crippen LogP contribution in [0.1, 0.15) is 19.3 Å². The van der Waals surface area contributed by atoms with Crippen LogP contribution in [0, 0.1) is 0 Å². The molecule has 1 aromatic heterocycles. The Morgan fingerprint density at radius 3 is 2.67 bits per heavy atom. The highest BCUT2D eigenvalue weighted by Crippen LogP contribution is 2.26. The second kappa shape index (κ2) is 6.49. The van der Waals surface area contributed by atoms with Crippen molar-refractivity contribution in [3.8, 4) is 0 Å². The number of hydrogen-bond donors (Lipinski definition) is 2. The van der Waals surface area contributed by atoms with Gasteiger partial charge in [-0.25, -0.2) is 9.78 Å². The summed E-state index contributed by atoms with van der Waals surface area (Å²) in [6, 6.07) is 1.23. The lowest BCUT2D eigenvalue weighted by atomic mass is 10.1. The highest BCUT2D eigenvalue weighted by Gasteiger charge is 2.36. The van der Waals surface area contributed by atoms with Gasteiger partial charge in [0, 0.05) is 37.4 Å². The summed E-state index contributed by atoms with van der Waals surface area (Å²) in [6.45, 7) is 0.210. The first-order valence-corrected chi connectivity index (χ1v) is 6.84. The fraction of sp³-hybridized carbons (Fsp3) is 0.538. The molecule has 114 valence electrons. The molecule has 1 fully saturated rings. The second-order valence-electron chi connectivity index (χ2n) is 5.12. The van der Waals surface area contributed by atoms with E-state index < -0.39 is 11.6 Å². The molecule has 21 heavy (non-hydrogen) atoms. The minimum atomic E-state index is -0.485. The van der Waals surface area contributed by atoms with Crippen molar-refractivity contribution in [2.45, 2.75) is 37.9 Å². The van der Waals surface area contributed by atoms with E-state index in [1.54, 1.807) is 11.0 Å². The summed E-state index contributed by atoms with van der Waals surface area (Å²) >= 11 is 0. The highest BCUT2D eigenvalue weighted by atomic mass is 16.2. The zero-order valence-corrected chi connectivity index (χ0v) is 11.6. The third-order valence-electron chi connectivity index (χ3n) is 3.71. The minimum Gasteiger partial charge on any atom is -0.370 e. The van der Waals surface area contributed by atoms with Gasteiger partial charge in [-0.2, -0.15) is 0 Å². The minimum absolute atomic E-state index is 0.113. The van der Waals surface area contributed by atoms with Gasteiger partial charge in [-0.15, -0.1) is 0 Å². The topological polar surface area (TPSA) is 124 Å². The van der Waals surface area contributed by atoms with Crippen LogP contribution >= 0.6 is 0 Å². The molecule has 2 atom stereocenters. The molecule has 0 spiro atoms. The van der Waals surface area contributed by atoms with Gasteiger partial charge in [0.15, 0.2) is 0 Å². The van der Waals surface area contributed by atoms with Gasteiger partial charge in [-0.1, -0.05) is 0 Å². The summed E-state index contributed by atoms with van der Waals surface area (Å²) in [5.41, 5.74) is 10.4. The number of rotatable bonds is 5. The number of likely N-dealkylation sites (tertiary alicyclic amines) is 1. The van der Waals surface area contributed by atoms with Crippen molar-refractivity contribution < 1.29 is 9.59 Å². The van der Waals surface area contributed by atoms with Crippen molar-refractivity contribution in [2.75, 3.05) is 6.54 Å². The quantitative estimate of drug-likeness (QED) is 0.679. The monoisotopic (exact) mass is 293 g/mol. The predicted octanol–water partition coefficient (Wildman–Crippen LogP) is -1.56. The molecule has 1 aromatic rings.